The number of hydrogen-bond donors (Lipinski definition) is 3. The molecule has 1 aromatic heterocycles. The number of nitrogens with one attached hydrogen (secondary N) is 1. The van der Waals surface area contributed by atoms with Crippen molar-refractivity contribution in [2.24, 2.45) is 11.5 Å². The number of nitrogens with zero attached hydrogens (tertiary/aromatic N) is 1. The van der Waals surface area contributed by atoms with Crippen LogP contribution in [0.25, 0.3) is 0 Å². The van der Waals surface area contributed by atoms with Gasteiger partial charge in [0, 0.05) is 0 Å². The second-order valence-electron chi connectivity index (χ2n) is 5.48. The maximum Gasteiger partial charge on any atom is 0.270 e. The van der Waals surface area contributed by atoms with Crippen LogP contribution in [-0.2, 0) is 14.2 Å². The Morgan fingerprint density at radius 2 is 2.00 bits per heavy atom. The summed E-state index contributed by atoms with van der Waals surface area (Å²) in [5.41, 5.74) is 10.5. The van der Waals surface area contributed by atoms with E-state index >= 15 is 0 Å². The maximum atomic E-state index is 11.6. The predicted octanol–water partition coefficient (Wildman–Crippen LogP) is -0.801. The molecule has 3 rings (SSSR count). The maximum absolute atomic E-state index is 11.6. The number of aromatic amines is 1. The van der Waals surface area contributed by atoms with E-state index in [9.17, 15) is 9.59 Å². The fourth-order valence-corrected chi connectivity index (χ4v) is 2.78. The number of carbonyl (C=O) groups is 2. The molecule has 0 spiro atoms. The molecule has 0 aliphatic carbocycles. The van der Waals surface area contributed by atoms with Crippen LogP contribution < -0.4 is 11.5 Å². The largest absolute Gasteiger partial charge is 0.366 e. The van der Waals surface area contributed by atoms with Crippen LogP contribution in [0.1, 0.15) is 46.5 Å². The van der Waals surface area contributed by atoms with Crippen LogP contribution in [0.5, 0.6) is 0 Å². The highest BCUT2D eigenvalue weighted by atomic mass is 16.8. The summed E-state index contributed by atoms with van der Waals surface area (Å²) in [6.45, 7) is 3.89. The summed E-state index contributed by atoms with van der Waals surface area (Å²) in [4.78, 5) is 22.9. The molecule has 3 atom stereocenters. The van der Waals surface area contributed by atoms with Crippen molar-refractivity contribution in [3.63, 3.8) is 0 Å². The number of fused-ring (bicyclic) bond motifs is 1. The number of H-pyrrole nitrogens is 1. The Kier molecular flexibility index (Phi) is 3.01. The van der Waals surface area contributed by atoms with E-state index in [0.717, 1.165) is 0 Å². The van der Waals surface area contributed by atoms with Gasteiger partial charge in [0.25, 0.3) is 11.8 Å². The first kappa shape index (κ1) is 14.0. The lowest BCUT2D eigenvalue weighted by molar-refractivity contribution is -0.176. The Morgan fingerprint density at radius 1 is 1.29 bits per heavy atom. The molecule has 114 valence electrons. The van der Waals surface area contributed by atoms with E-state index in [1.165, 1.54) is 0 Å². The summed E-state index contributed by atoms with van der Waals surface area (Å²) in [6, 6.07) is 0. The topological polar surface area (TPSA) is 143 Å². The van der Waals surface area contributed by atoms with Crippen LogP contribution in [-0.4, -0.2) is 46.6 Å². The molecule has 2 saturated heterocycles. The lowest BCUT2D eigenvalue weighted by Gasteiger charge is -2.21. The molecule has 2 fully saturated rings. The zero-order valence-corrected chi connectivity index (χ0v) is 11.6. The molecule has 0 bridgehead atoms. The van der Waals surface area contributed by atoms with Gasteiger partial charge >= 0.3 is 0 Å². The Hall–Kier alpha value is -1.97. The van der Waals surface area contributed by atoms with Gasteiger partial charge in [-0.15, -0.1) is 0 Å². The number of primary amides is 2. The standard InChI is InChI=1S/C12H16N4O5/c1-12(2)20-4-3-19-9(8(4)21-12)6-5(10(13)17)7(11(14)18)16-15-6/h4,8-9H,3H2,1-2H3,(H2,13,17)(H2,14,18)(H,15,16)/t4-,8+,9-/m0/s1. The monoisotopic (exact) mass is 296 g/mol. The zero-order valence-electron chi connectivity index (χ0n) is 11.6. The summed E-state index contributed by atoms with van der Waals surface area (Å²) in [7, 11) is 0. The van der Waals surface area contributed by atoms with E-state index < -0.39 is 29.8 Å². The quantitative estimate of drug-likeness (QED) is 0.666. The lowest BCUT2D eigenvalue weighted by atomic mass is 10.0. The van der Waals surface area contributed by atoms with Gasteiger partial charge in [0.15, 0.2) is 11.5 Å². The minimum Gasteiger partial charge on any atom is -0.366 e. The molecule has 0 saturated carbocycles. The molecular weight excluding hydrogens is 280 g/mol. The van der Waals surface area contributed by atoms with Gasteiger partial charge in [0.1, 0.15) is 18.3 Å². The van der Waals surface area contributed by atoms with Crippen LogP contribution in [0, 0.1) is 0 Å². The SMILES string of the molecule is CC1(C)O[C@@H]2[C@H](CO[C@H]2c2[nH]nc(C(N)=O)c2C(N)=O)O1. The zero-order chi connectivity index (χ0) is 15.4. The number of amides is 2. The first-order valence-electron chi connectivity index (χ1n) is 6.45. The molecular formula is C12H16N4O5. The Bertz CT molecular complexity index is 611. The normalized spacial score (nSPS) is 30.3. The summed E-state index contributed by atoms with van der Waals surface area (Å²) >= 11 is 0. The number of rotatable bonds is 3. The van der Waals surface area contributed by atoms with E-state index in [0.29, 0.717) is 6.61 Å². The molecule has 1 aromatic rings. The minimum absolute atomic E-state index is 0.0681. The Labute approximate surface area is 119 Å². The van der Waals surface area contributed by atoms with E-state index in [4.69, 9.17) is 25.7 Å². The smallest absolute Gasteiger partial charge is 0.270 e. The molecule has 0 radical (unpaired) electrons. The van der Waals surface area contributed by atoms with Crippen molar-refractivity contribution < 1.29 is 23.8 Å². The van der Waals surface area contributed by atoms with Crippen LogP contribution in [0.3, 0.4) is 0 Å². The highest BCUT2D eigenvalue weighted by Crippen LogP contribution is 2.42. The van der Waals surface area contributed by atoms with Crippen LogP contribution in [0.4, 0.5) is 0 Å². The van der Waals surface area contributed by atoms with E-state index in [-0.39, 0.29) is 23.1 Å². The average molecular weight is 296 g/mol. The predicted molar refractivity (Wildman–Crippen MR) is 68.1 cm³/mol. The second-order valence-corrected chi connectivity index (χ2v) is 5.48. The molecule has 2 amide bonds. The molecule has 0 aromatic carbocycles. The Balaban J connectivity index is 1.98. The number of aromatic nitrogens is 2. The Morgan fingerprint density at radius 3 is 2.62 bits per heavy atom. The first-order valence-corrected chi connectivity index (χ1v) is 6.45. The van der Waals surface area contributed by atoms with Gasteiger partial charge in [-0.3, -0.25) is 14.7 Å². The van der Waals surface area contributed by atoms with Crippen molar-refractivity contribution in [1.82, 2.24) is 10.2 Å². The number of hydrogen-bond acceptors (Lipinski definition) is 6. The van der Waals surface area contributed by atoms with Crippen LogP contribution in [0.2, 0.25) is 0 Å². The van der Waals surface area contributed by atoms with Crippen LogP contribution >= 0.6 is 0 Å². The molecule has 2 aliphatic heterocycles. The molecule has 5 N–H and O–H groups in total. The third-order valence-electron chi connectivity index (χ3n) is 3.52. The summed E-state index contributed by atoms with van der Waals surface area (Å²) in [6.07, 6.45) is -1.30. The van der Waals surface area contributed by atoms with Gasteiger partial charge in [-0.2, -0.15) is 5.10 Å². The lowest BCUT2D eigenvalue weighted by Crippen LogP contribution is -2.27. The summed E-state index contributed by atoms with van der Waals surface area (Å²) in [5.74, 6) is -2.39. The van der Waals surface area contributed by atoms with Crippen molar-refractivity contribution in [1.29, 1.82) is 0 Å². The molecule has 21 heavy (non-hydrogen) atoms. The van der Waals surface area contributed by atoms with Gasteiger partial charge in [-0.1, -0.05) is 0 Å². The molecule has 2 aliphatic rings. The molecule has 9 nitrogen and oxygen atoms in total. The van der Waals surface area contributed by atoms with Gasteiger partial charge in [-0.25, -0.2) is 0 Å². The number of ether oxygens (including phenoxy) is 3. The van der Waals surface area contributed by atoms with E-state index in [1.807, 2.05) is 0 Å². The van der Waals surface area contributed by atoms with Gasteiger partial charge in [-0.05, 0) is 13.8 Å². The number of carbonyl (C=O) groups excluding carboxylic acids is 2. The number of nitrogens with two attached hydrogens (primary N) is 2. The van der Waals surface area contributed by atoms with Gasteiger partial charge in [0.05, 0.1) is 17.9 Å². The third kappa shape index (κ3) is 2.19. The van der Waals surface area contributed by atoms with Gasteiger partial charge in [0.2, 0.25) is 0 Å². The summed E-state index contributed by atoms with van der Waals surface area (Å²) in [5, 5.41) is 6.36. The van der Waals surface area contributed by atoms with Gasteiger partial charge < -0.3 is 25.7 Å². The fourth-order valence-electron chi connectivity index (χ4n) is 2.78. The second kappa shape index (κ2) is 4.52. The van der Waals surface area contributed by atoms with E-state index in [1.54, 1.807) is 13.8 Å². The molecule has 3 heterocycles. The highest BCUT2D eigenvalue weighted by molar-refractivity contribution is 6.05. The van der Waals surface area contributed by atoms with Crippen molar-refractivity contribution in [2.75, 3.05) is 6.61 Å². The highest BCUT2D eigenvalue weighted by Gasteiger charge is 2.52. The van der Waals surface area contributed by atoms with E-state index in [2.05, 4.69) is 10.2 Å². The minimum atomic E-state index is -0.843. The summed E-state index contributed by atoms with van der Waals surface area (Å²) < 4.78 is 17.1. The average Bonchev–Trinajstić information content (AvgIpc) is 2.99. The third-order valence-corrected chi connectivity index (χ3v) is 3.52. The van der Waals surface area contributed by atoms with Crippen molar-refractivity contribution in [2.45, 2.75) is 37.9 Å². The van der Waals surface area contributed by atoms with Crippen molar-refractivity contribution in [3.05, 3.63) is 17.0 Å². The molecule has 9 heteroatoms. The fraction of sp³-hybridized carbons (Fsp3) is 0.583. The van der Waals surface area contributed by atoms with Crippen molar-refractivity contribution >= 4 is 11.8 Å². The first-order chi connectivity index (χ1) is 9.80. The van der Waals surface area contributed by atoms with Crippen LogP contribution in [0.15, 0.2) is 0 Å². The molecule has 0 unspecified atom stereocenters. The van der Waals surface area contributed by atoms with Crippen molar-refractivity contribution in [3.8, 4) is 0 Å².